The summed E-state index contributed by atoms with van der Waals surface area (Å²) >= 11 is 0. The molecule has 0 saturated heterocycles. The molecule has 4 N–H and O–H groups in total. The molecule has 0 bridgehead atoms. The predicted molar refractivity (Wildman–Crippen MR) is 217 cm³/mol. The maximum absolute atomic E-state index is 12.6. The quantitative estimate of drug-likeness (QED) is 0.0237. The maximum Gasteiger partial charge on any atom is 0.472 e. The first-order valence-corrected chi connectivity index (χ1v) is 21.8. The first-order valence-electron chi connectivity index (χ1n) is 20.3. The molecule has 12 heteroatoms. The lowest BCUT2D eigenvalue weighted by molar-refractivity contribution is -0.161. The Bertz CT molecular complexity index is 1150. The molecule has 0 heterocycles. The minimum absolute atomic E-state index is 0.103. The van der Waals surface area contributed by atoms with E-state index in [-0.39, 0.29) is 19.4 Å². The van der Waals surface area contributed by atoms with Gasteiger partial charge < -0.3 is 25.2 Å². The van der Waals surface area contributed by atoms with E-state index in [0.29, 0.717) is 12.8 Å². The summed E-state index contributed by atoms with van der Waals surface area (Å²) < 4.78 is 32.6. The van der Waals surface area contributed by atoms with Crippen LogP contribution in [-0.4, -0.2) is 59.9 Å². The lowest BCUT2D eigenvalue weighted by Crippen LogP contribution is -2.34. The summed E-state index contributed by atoms with van der Waals surface area (Å²) in [5, 5.41) is 8.87. The Kier molecular flexibility index (Phi) is 35.2. The average Bonchev–Trinajstić information content (AvgIpc) is 3.14. The Morgan fingerprint density at radius 2 is 1.04 bits per heavy atom. The molecular weight excluding hydrogens is 709 g/mol. The van der Waals surface area contributed by atoms with E-state index in [2.05, 4.69) is 79.1 Å². The standard InChI is InChI=1S/C42H72NO10P/c1-3-5-7-9-11-13-15-17-19-21-23-25-27-29-31-33-40(44)50-35-38(36-51-54(48,49)52-37-39(43)42(46)47)53-41(45)34-32-30-28-26-24-22-20-18-16-14-12-10-8-6-4-2/h6,8,12,14,18,20-21,23-24,26,38-39H,3-5,7,9-11,13,15-17,19,22,25,27-37,43H2,1-2H3,(H,46,47)(H,48,49)/b8-6+,14-12+,20-18+,23-21+,26-24+/t38-,39+/m1/s1. The minimum atomic E-state index is -4.73. The van der Waals surface area contributed by atoms with E-state index in [1.807, 2.05) is 0 Å². The third-order valence-corrected chi connectivity index (χ3v) is 9.20. The van der Waals surface area contributed by atoms with E-state index < -0.39 is 51.1 Å². The van der Waals surface area contributed by atoms with Crippen LogP contribution in [0.3, 0.4) is 0 Å². The fraction of sp³-hybridized carbons (Fsp3) is 0.690. The second-order valence-corrected chi connectivity index (χ2v) is 14.8. The number of unbranched alkanes of at least 4 members (excludes halogenated alkanes) is 13. The van der Waals surface area contributed by atoms with Gasteiger partial charge in [0, 0.05) is 12.8 Å². The van der Waals surface area contributed by atoms with E-state index >= 15 is 0 Å². The van der Waals surface area contributed by atoms with Gasteiger partial charge in [0.2, 0.25) is 0 Å². The van der Waals surface area contributed by atoms with Crippen LogP contribution in [0, 0.1) is 0 Å². The molecule has 11 nitrogen and oxygen atoms in total. The predicted octanol–water partition coefficient (Wildman–Crippen LogP) is 10.4. The summed E-state index contributed by atoms with van der Waals surface area (Å²) in [6, 6.07) is -1.53. The first kappa shape index (κ1) is 51.2. The van der Waals surface area contributed by atoms with Gasteiger partial charge in [-0.1, -0.05) is 126 Å². The van der Waals surface area contributed by atoms with Gasteiger partial charge in [0.1, 0.15) is 12.6 Å². The molecule has 1 unspecified atom stereocenters. The SMILES string of the molecule is CC/C=C/C/C=C/C/C=C/C/C=C/CCCCC(=O)O[C@H](COC(=O)CCCCC/C=C/CCCCCCCCCC)COP(=O)(O)OC[C@H](N)C(=O)O. The molecule has 0 aliphatic heterocycles. The molecule has 0 aromatic carbocycles. The molecule has 0 fully saturated rings. The molecule has 0 radical (unpaired) electrons. The highest BCUT2D eigenvalue weighted by molar-refractivity contribution is 7.47. The fourth-order valence-electron chi connectivity index (χ4n) is 5.05. The number of ether oxygens (including phenoxy) is 2. The van der Waals surface area contributed by atoms with Gasteiger partial charge in [-0.05, 0) is 77.0 Å². The highest BCUT2D eigenvalue weighted by Gasteiger charge is 2.28. The number of carbonyl (C=O) groups is 3. The van der Waals surface area contributed by atoms with Crippen LogP contribution in [-0.2, 0) is 37.5 Å². The molecule has 0 amide bonds. The zero-order chi connectivity index (χ0) is 40.0. The number of carboxylic acids is 1. The van der Waals surface area contributed by atoms with Crippen LogP contribution in [0.4, 0.5) is 0 Å². The van der Waals surface area contributed by atoms with Crippen molar-refractivity contribution >= 4 is 25.7 Å². The molecule has 0 aliphatic rings. The molecule has 3 atom stereocenters. The van der Waals surface area contributed by atoms with E-state index in [0.717, 1.165) is 64.2 Å². The number of phosphoric ester groups is 1. The molecule has 54 heavy (non-hydrogen) atoms. The summed E-state index contributed by atoms with van der Waals surface area (Å²) in [6.07, 6.45) is 41.5. The highest BCUT2D eigenvalue weighted by atomic mass is 31.2. The van der Waals surface area contributed by atoms with Crippen molar-refractivity contribution in [1.29, 1.82) is 0 Å². The van der Waals surface area contributed by atoms with Gasteiger partial charge in [-0.3, -0.25) is 23.4 Å². The Balaban J connectivity index is 4.51. The number of hydrogen-bond acceptors (Lipinski definition) is 9. The summed E-state index contributed by atoms with van der Waals surface area (Å²) in [6.45, 7) is 2.61. The first-order chi connectivity index (χ1) is 26.1. The Morgan fingerprint density at radius 3 is 1.61 bits per heavy atom. The van der Waals surface area contributed by atoms with Crippen LogP contribution in [0.25, 0.3) is 0 Å². The Labute approximate surface area is 326 Å². The van der Waals surface area contributed by atoms with E-state index in [4.69, 9.17) is 24.8 Å². The monoisotopic (exact) mass is 781 g/mol. The van der Waals surface area contributed by atoms with Crippen molar-refractivity contribution in [2.45, 2.75) is 167 Å². The number of esters is 2. The number of carboxylic acid groups (broad SMARTS) is 1. The normalized spacial score (nSPS) is 14.4. The van der Waals surface area contributed by atoms with Crippen molar-refractivity contribution in [1.82, 2.24) is 0 Å². The number of carbonyl (C=O) groups excluding carboxylic acids is 2. The van der Waals surface area contributed by atoms with E-state index in [1.54, 1.807) is 0 Å². The van der Waals surface area contributed by atoms with Crippen LogP contribution < -0.4 is 5.73 Å². The molecule has 0 aromatic rings. The summed E-state index contributed by atoms with van der Waals surface area (Å²) in [7, 11) is -4.73. The average molecular weight is 782 g/mol. The molecular formula is C42H72NO10P. The van der Waals surface area contributed by atoms with Crippen LogP contribution in [0.15, 0.2) is 60.8 Å². The van der Waals surface area contributed by atoms with Crippen LogP contribution in [0.2, 0.25) is 0 Å². The summed E-state index contributed by atoms with van der Waals surface area (Å²) in [5.41, 5.74) is 5.32. The zero-order valence-electron chi connectivity index (χ0n) is 33.3. The lowest BCUT2D eigenvalue weighted by Gasteiger charge is -2.20. The van der Waals surface area contributed by atoms with Gasteiger partial charge in [0.15, 0.2) is 6.10 Å². The Morgan fingerprint density at radius 1 is 0.593 bits per heavy atom. The third kappa shape index (κ3) is 36.2. The number of hydrogen-bond donors (Lipinski definition) is 3. The Hall–Kier alpha value is -2.82. The summed E-state index contributed by atoms with van der Waals surface area (Å²) in [5.74, 6) is -2.46. The third-order valence-electron chi connectivity index (χ3n) is 8.25. The number of nitrogens with two attached hydrogens (primary N) is 1. The van der Waals surface area contributed by atoms with Crippen LogP contribution in [0.5, 0.6) is 0 Å². The molecule has 0 spiro atoms. The summed E-state index contributed by atoms with van der Waals surface area (Å²) in [4.78, 5) is 45.8. The molecule has 0 aromatic heterocycles. The van der Waals surface area contributed by atoms with Crippen molar-refractivity contribution in [3.63, 3.8) is 0 Å². The maximum atomic E-state index is 12.6. The van der Waals surface area contributed by atoms with Gasteiger partial charge >= 0.3 is 25.7 Å². The molecule has 0 rings (SSSR count). The molecule has 0 saturated carbocycles. The second kappa shape index (κ2) is 37.1. The number of allylic oxidation sites excluding steroid dienone is 10. The second-order valence-electron chi connectivity index (χ2n) is 13.4. The topological polar surface area (TPSA) is 172 Å². The fourth-order valence-corrected chi connectivity index (χ4v) is 5.83. The number of aliphatic carboxylic acids is 1. The number of phosphoric acid groups is 1. The highest BCUT2D eigenvalue weighted by Crippen LogP contribution is 2.43. The van der Waals surface area contributed by atoms with Gasteiger partial charge in [-0.15, -0.1) is 0 Å². The smallest absolute Gasteiger partial charge is 0.472 e. The molecule has 310 valence electrons. The number of rotatable bonds is 37. The zero-order valence-corrected chi connectivity index (χ0v) is 34.2. The van der Waals surface area contributed by atoms with Crippen molar-refractivity contribution in [2.75, 3.05) is 19.8 Å². The molecule has 0 aliphatic carbocycles. The van der Waals surface area contributed by atoms with Gasteiger partial charge in [-0.2, -0.15) is 0 Å². The minimum Gasteiger partial charge on any atom is -0.480 e. The van der Waals surface area contributed by atoms with Crippen molar-refractivity contribution in [2.24, 2.45) is 5.73 Å². The van der Waals surface area contributed by atoms with Crippen LogP contribution in [0.1, 0.15) is 155 Å². The van der Waals surface area contributed by atoms with Crippen molar-refractivity contribution in [3.05, 3.63) is 60.8 Å². The van der Waals surface area contributed by atoms with Gasteiger partial charge in [0.25, 0.3) is 0 Å². The van der Waals surface area contributed by atoms with E-state index in [1.165, 1.54) is 51.4 Å². The van der Waals surface area contributed by atoms with Gasteiger partial charge in [-0.25, -0.2) is 4.57 Å². The van der Waals surface area contributed by atoms with Crippen molar-refractivity contribution < 1.29 is 47.5 Å². The van der Waals surface area contributed by atoms with Gasteiger partial charge in [0.05, 0.1) is 13.2 Å². The van der Waals surface area contributed by atoms with E-state index in [9.17, 15) is 23.8 Å². The largest absolute Gasteiger partial charge is 0.480 e. The lowest BCUT2D eigenvalue weighted by atomic mass is 10.1. The van der Waals surface area contributed by atoms with Crippen molar-refractivity contribution in [3.8, 4) is 0 Å². The van der Waals surface area contributed by atoms with Crippen LogP contribution >= 0.6 is 7.82 Å².